The van der Waals surface area contributed by atoms with Crippen molar-refractivity contribution in [3.63, 3.8) is 0 Å². The SMILES string of the molecule is CCCC(CC)c1cccc[n+]1C.[O-][Cl+3]([O-])([O-])[O-]. The number of rotatable bonds is 4. The maximum Gasteiger partial charge on any atom is 0.184 e. The summed E-state index contributed by atoms with van der Waals surface area (Å²) in [5.41, 5.74) is 1.46. The Hall–Kier alpha value is -0.720. The molecule has 1 unspecified atom stereocenters. The highest BCUT2D eigenvalue weighted by molar-refractivity contribution is 5.03. The maximum absolute atomic E-state index is 8.49. The van der Waals surface area contributed by atoms with Gasteiger partial charge in [-0.3, -0.25) is 0 Å². The zero-order valence-electron chi connectivity index (χ0n) is 11.0. The maximum atomic E-state index is 8.49. The lowest BCUT2D eigenvalue weighted by Gasteiger charge is -2.17. The minimum absolute atomic E-state index is 0.733. The van der Waals surface area contributed by atoms with Gasteiger partial charge in [-0.15, -0.1) is 10.2 Å². The molecule has 0 N–H and O–H groups in total. The first-order chi connectivity index (χ1) is 8.29. The molecule has 0 bridgehead atoms. The number of aryl methyl sites for hydroxylation is 1. The van der Waals surface area contributed by atoms with Crippen LogP contribution in [-0.4, -0.2) is 0 Å². The van der Waals surface area contributed by atoms with Crippen LogP contribution in [0.4, 0.5) is 0 Å². The van der Waals surface area contributed by atoms with Gasteiger partial charge in [-0.05, 0) is 12.8 Å². The van der Waals surface area contributed by atoms with Crippen LogP contribution in [0.1, 0.15) is 44.7 Å². The van der Waals surface area contributed by atoms with Crippen LogP contribution in [-0.2, 0) is 7.05 Å². The predicted molar refractivity (Wildman–Crippen MR) is 55.6 cm³/mol. The van der Waals surface area contributed by atoms with Crippen LogP contribution < -0.4 is 23.2 Å². The summed E-state index contributed by atoms with van der Waals surface area (Å²) in [5.74, 6) is 0.733. The van der Waals surface area contributed by atoms with E-state index in [0.717, 1.165) is 5.92 Å². The molecule has 1 aromatic rings. The number of hydrogen-bond acceptors (Lipinski definition) is 4. The summed E-state index contributed by atoms with van der Waals surface area (Å²) < 4.78 is 36.2. The zero-order valence-corrected chi connectivity index (χ0v) is 11.7. The minimum atomic E-state index is -4.94. The van der Waals surface area contributed by atoms with Crippen LogP contribution in [0.25, 0.3) is 0 Å². The Bertz CT molecular complexity index is 335. The van der Waals surface area contributed by atoms with Crippen LogP contribution in [0.15, 0.2) is 24.4 Å². The van der Waals surface area contributed by atoms with Crippen molar-refractivity contribution in [2.45, 2.75) is 39.0 Å². The topological polar surface area (TPSA) is 96.1 Å². The lowest BCUT2D eigenvalue weighted by Crippen LogP contribution is -2.68. The molecular weight excluding hydrogens is 258 g/mol. The number of aromatic nitrogens is 1. The van der Waals surface area contributed by atoms with E-state index in [0.29, 0.717) is 0 Å². The predicted octanol–water partition coefficient (Wildman–Crippen LogP) is -1.95. The quantitative estimate of drug-likeness (QED) is 0.598. The summed E-state index contributed by atoms with van der Waals surface area (Å²) in [6.07, 6.45) is 5.95. The highest BCUT2D eigenvalue weighted by atomic mass is 35.7. The number of hydrogen-bond donors (Lipinski definition) is 0. The molecule has 0 radical (unpaired) electrons. The van der Waals surface area contributed by atoms with Gasteiger partial charge in [0.1, 0.15) is 7.05 Å². The molecule has 0 amide bonds. The Balaban J connectivity index is 0.000000494. The molecule has 1 atom stereocenters. The second-order valence-corrected chi connectivity index (χ2v) is 4.76. The van der Waals surface area contributed by atoms with E-state index in [4.69, 9.17) is 18.6 Å². The van der Waals surface area contributed by atoms with Crippen molar-refractivity contribution in [1.82, 2.24) is 0 Å². The van der Waals surface area contributed by atoms with Gasteiger partial charge < -0.3 is 0 Å². The van der Waals surface area contributed by atoms with Gasteiger partial charge in [0.15, 0.2) is 11.9 Å². The Morgan fingerprint density at radius 2 is 1.72 bits per heavy atom. The fourth-order valence-corrected chi connectivity index (χ4v) is 1.87. The smallest absolute Gasteiger partial charge is 0.184 e. The standard InChI is InChI=1S/C12H20N.ClHO4/c1-4-8-11(5-2)12-9-6-7-10-13(12)3;2-1(3,4)5/h6-7,9-11H,4-5,8H2,1-3H3;(H,2,3,4,5)/q+1;/p-1. The van der Waals surface area contributed by atoms with Gasteiger partial charge >= 0.3 is 0 Å². The lowest BCUT2D eigenvalue weighted by molar-refractivity contribution is -2.00. The minimum Gasteiger partial charge on any atom is -0.222 e. The molecule has 5 nitrogen and oxygen atoms in total. The Kier molecular flexibility index (Phi) is 8.06. The third kappa shape index (κ3) is 8.38. The van der Waals surface area contributed by atoms with Crippen LogP contribution in [0, 0.1) is 10.2 Å². The summed E-state index contributed by atoms with van der Waals surface area (Å²) in [4.78, 5) is 0. The summed E-state index contributed by atoms with van der Waals surface area (Å²) in [7, 11) is -2.81. The Morgan fingerprint density at radius 1 is 1.17 bits per heavy atom. The summed E-state index contributed by atoms with van der Waals surface area (Å²) in [6, 6.07) is 6.46. The number of pyridine rings is 1. The highest BCUT2D eigenvalue weighted by Gasteiger charge is 2.16. The largest absolute Gasteiger partial charge is 0.222 e. The van der Waals surface area contributed by atoms with E-state index in [1.807, 2.05) is 0 Å². The van der Waals surface area contributed by atoms with Crippen molar-refractivity contribution < 1.29 is 33.4 Å². The van der Waals surface area contributed by atoms with Crippen molar-refractivity contribution in [2.24, 2.45) is 7.05 Å². The van der Waals surface area contributed by atoms with Crippen molar-refractivity contribution in [3.05, 3.63) is 30.1 Å². The molecular formula is C12H20ClNO4. The third-order valence-electron chi connectivity index (χ3n) is 2.64. The van der Waals surface area contributed by atoms with E-state index in [-0.39, 0.29) is 0 Å². The Labute approximate surface area is 110 Å². The second kappa shape index (κ2) is 8.39. The van der Waals surface area contributed by atoms with Gasteiger partial charge in [0, 0.05) is 18.1 Å². The molecule has 104 valence electrons. The van der Waals surface area contributed by atoms with Gasteiger partial charge in [0.05, 0.1) is 0 Å². The van der Waals surface area contributed by atoms with E-state index in [9.17, 15) is 0 Å². The van der Waals surface area contributed by atoms with E-state index in [2.05, 4.69) is 49.9 Å². The molecule has 0 spiro atoms. The molecule has 1 heterocycles. The van der Waals surface area contributed by atoms with Gasteiger partial charge in [-0.2, -0.15) is 0 Å². The van der Waals surface area contributed by atoms with Crippen LogP contribution in [0.5, 0.6) is 0 Å². The average molecular weight is 278 g/mol. The third-order valence-corrected chi connectivity index (χ3v) is 2.64. The van der Waals surface area contributed by atoms with Crippen molar-refractivity contribution in [1.29, 1.82) is 0 Å². The summed E-state index contributed by atoms with van der Waals surface area (Å²) >= 11 is 0. The van der Waals surface area contributed by atoms with Crippen molar-refractivity contribution >= 4 is 0 Å². The fourth-order valence-electron chi connectivity index (χ4n) is 1.87. The summed E-state index contributed by atoms with van der Waals surface area (Å²) in [6.45, 7) is 4.53. The van der Waals surface area contributed by atoms with E-state index >= 15 is 0 Å². The molecule has 0 aliphatic heterocycles. The first-order valence-corrected chi connectivity index (χ1v) is 7.09. The molecule has 0 aliphatic rings. The molecule has 0 fully saturated rings. The Morgan fingerprint density at radius 3 is 2.11 bits per heavy atom. The normalized spacial score (nSPS) is 12.6. The van der Waals surface area contributed by atoms with Crippen LogP contribution in [0.2, 0.25) is 0 Å². The summed E-state index contributed by atoms with van der Waals surface area (Å²) in [5, 5.41) is 0. The molecule has 6 heteroatoms. The molecule has 0 aromatic carbocycles. The lowest BCUT2D eigenvalue weighted by atomic mass is 9.96. The molecule has 1 aromatic heterocycles. The molecule has 1 rings (SSSR count). The van der Waals surface area contributed by atoms with Crippen molar-refractivity contribution in [3.8, 4) is 0 Å². The molecule has 0 saturated heterocycles. The van der Waals surface area contributed by atoms with E-state index in [1.165, 1.54) is 25.0 Å². The van der Waals surface area contributed by atoms with Crippen LogP contribution in [0.3, 0.4) is 0 Å². The molecule has 18 heavy (non-hydrogen) atoms. The van der Waals surface area contributed by atoms with Crippen LogP contribution >= 0.6 is 0 Å². The first-order valence-electron chi connectivity index (χ1n) is 5.85. The van der Waals surface area contributed by atoms with E-state index < -0.39 is 10.2 Å². The molecule has 0 aliphatic carbocycles. The van der Waals surface area contributed by atoms with Gasteiger partial charge in [0.2, 0.25) is 0 Å². The number of halogens is 1. The monoisotopic (exact) mass is 277 g/mol. The highest BCUT2D eigenvalue weighted by Crippen LogP contribution is 2.20. The average Bonchev–Trinajstić information content (AvgIpc) is 2.25. The molecule has 0 saturated carbocycles. The number of nitrogens with zero attached hydrogens (tertiary/aromatic N) is 1. The second-order valence-electron chi connectivity index (χ2n) is 4.01. The van der Waals surface area contributed by atoms with E-state index in [1.54, 1.807) is 0 Å². The fraction of sp³-hybridized carbons (Fsp3) is 0.583. The van der Waals surface area contributed by atoms with Gasteiger partial charge in [-0.1, -0.05) is 26.3 Å². The van der Waals surface area contributed by atoms with Gasteiger partial charge in [0.25, 0.3) is 0 Å². The van der Waals surface area contributed by atoms with Gasteiger partial charge in [-0.25, -0.2) is 23.2 Å². The first kappa shape index (κ1) is 17.3. The van der Waals surface area contributed by atoms with Crippen molar-refractivity contribution in [2.75, 3.05) is 0 Å². The zero-order chi connectivity index (χ0) is 14.2.